The SMILES string of the molecule is N=c1/c(=C/c2ccc(OCc3ccc4c(c3)OCO4)cc2)c(=O)nc2s/c(=C/C(=O)N3CCCC3)[nH]n1-2. The number of benzene rings is 2. The third-order valence-electron chi connectivity index (χ3n) is 6.23. The van der Waals surface area contributed by atoms with Gasteiger partial charge in [0.2, 0.25) is 17.8 Å². The molecule has 0 saturated carbocycles. The number of nitrogens with zero attached hydrogens (tertiary/aromatic N) is 3. The van der Waals surface area contributed by atoms with Gasteiger partial charge in [0.05, 0.1) is 5.22 Å². The van der Waals surface area contributed by atoms with Gasteiger partial charge in [0, 0.05) is 19.2 Å². The second-order valence-electron chi connectivity index (χ2n) is 8.74. The number of fused-ring (bicyclic) bond motifs is 2. The largest absolute Gasteiger partial charge is 0.489 e. The number of nitrogens with one attached hydrogen (secondary N) is 2. The minimum Gasteiger partial charge on any atom is -0.489 e. The van der Waals surface area contributed by atoms with E-state index in [2.05, 4.69) is 10.1 Å². The van der Waals surface area contributed by atoms with Crippen molar-refractivity contribution in [3.8, 4) is 22.4 Å². The molecule has 4 aliphatic heterocycles. The number of carbonyl (C=O) groups is 1. The third kappa shape index (κ3) is 4.73. The second-order valence-corrected chi connectivity index (χ2v) is 9.75. The van der Waals surface area contributed by atoms with Crippen LogP contribution in [0.1, 0.15) is 24.0 Å². The Morgan fingerprint density at radius 3 is 2.73 bits per heavy atom. The van der Waals surface area contributed by atoms with Crippen LogP contribution in [0.3, 0.4) is 0 Å². The molecule has 6 rings (SSSR count). The number of ether oxygens (including phenoxy) is 3. The van der Waals surface area contributed by atoms with E-state index < -0.39 is 5.56 Å². The molecule has 37 heavy (non-hydrogen) atoms. The number of carbonyl (C=O) groups excluding carboxylic acids is 1. The minimum atomic E-state index is -0.499. The molecule has 0 radical (unpaired) electrons. The first-order chi connectivity index (χ1) is 18.0. The van der Waals surface area contributed by atoms with Gasteiger partial charge in [-0.05, 0) is 54.3 Å². The van der Waals surface area contributed by atoms with Gasteiger partial charge in [0.1, 0.15) is 17.0 Å². The molecule has 4 heterocycles. The molecule has 2 aromatic rings. The molecule has 4 aliphatic rings. The van der Waals surface area contributed by atoms with E-state index in [0.717, 1.165) is 42.8 Å². The van der Waals surface area contributed by atoms with Crippen LogP contribution < -0.4 is 35.1 Å². The zero-order valence-corrected chi connectivity index (χ0v) is 20.5. The molecular formula is C26H23N5O5S. The first-order valence-corrected chi connectivity index (χ1v) is 12.7. The van der Waals surface area contributed by atoms with Crippen LogP contribution in [-0.4, -0.2) is 45.5 Å². The van der Waals surface area contributed by atoms with E-state index in [1.807, 2.05) is 30.3 Å². The molecular weight excluding hydrogens is 494 g/mol. The number of H-pyrrole nitrogens is 1. The maximum atomic E-state index is 12.7. The molecule has 0 unspecified atom stereocenters. The van der Waals surface area contributed by atoms with E-state index in [1.54, 1.807) is 23.1 Å². The number of aromatic nitrogens is 3. The van der Waals surface area contributed by atoms with Crippen molar-refractivity contribution in [2.24, 2.45) is 0 Å². The minimum absolute atomic E-state index is 0.0253. The van der Waals surface area contributed by atoms with Gasteiger partial charge in [0.15, 0.2) is 17.0 Å². The van der Waals surface area contributed by atoms with Gasteiger partial charge in [-0.15, -0.1) is 0 Å². The quantitative estimate of drug-likeness (QED) is 0.409. The topological polar surface area (TPSA) is 123 Å². The van der Waals surface area contributed by atoms with Crippen LogP contribution in [0.5, 0.6) is 17.2 Å². The van der Waals surface area contributed by atoms with Gasteiger partial charge in [-0.1, -0.05) is 29.5 Å². The van der Waals surface area contributed by atoms with Gasteiger partial charge in [-0.2, -0.15) is 4.98 Å². The Hall–Kier alpha value is -4.38. The van der Waals surface area contributed by atoms with Gasteiger partial charge in [-0.25, -0.2) is 4.68 Å². The molecule has 10 nitrogen and oxygen atoms in total. The van der Waals surface area contributed by atoms with E-state index in [9.17, 15) is 9.59 Å². The van der Waals surface area contributed by atoms with Gasteiger partial charge in [-0.3, -0.25) is 20.1 Å². The third-order valence-corrected chi connectivity index (χ3v) is 7.11. The Morgan fingerprint density at radius 1 is 1.14 bits per heavy atom. The van der Waals surface area contributed by atoms with Crippen molar-refractivity contribution in [2.75, 3.05) is 19.9 Å². The Bertz CT molecular complexity index is 1680. The summed E-state index contributed by atoms with van der Waals surface area (Å²) < 4.78 is 18.6. The second kappa shape index (κ2) is 9.58. The average molecular weight is 518 g/mol. The van der Waals surface area contributed by atoms with Crippen LogP contribution >= 0.6 is 11.3 Å². The lowest BCUT2D eigenvalue weighted by atomic mass is 10.2. The van der Waals surface area contributed by atoms with Crippen LogP contribution in [0.2, 0.25) is 0 Å². The molecule has 188 valence electrons. The Labute approximate surface area is 214 Å². The van der Waals surface area contributed by atoms with E-state index in [1.165, 1.54) is 22.1 Å². The fourth-order valence-corrected chi connectivity index (χ4v) is 5.13. The van der Waals surface area contributed by atoms with Crippen molar-refractivity contribution in [1.29, 1.82) is 5.41 Å². The lowest BCUT2D eigenvalue weighted by molar-refractivity contribution is -0.123. The van der Waals surface area contributed by atoms with Crippen molar-refractivity contribution >= 4 is 29.4 Å². The maximum absolute atomic E-state index is 12.7. The zero-order chi connectivity index (χ0) is 25.4. The monoisotopic (exact) mass is 517 g/mol. The predicted octanol–water partition coefficient (Wildman–Crippen LogP) is 1.08. The molecule has 1 fully saturated rings. The van der Waals surface area contributed by atoms with E-state index in [0.29, 0.717) is 27.9 Å². The first kappa shape index (κ1) is 23.0. The summed E-state index contributed by atoms with van der Waals surface area (Å²) in [5.41, 5.74) is 1.16. The van der Waals surface area contributed by atoms with Crippen molar-refractivity contribution in [1.82, 2.24) is 19.7 Å². The molecule has 0 bridgehead atoms. The number of hydrogen-bond donors (Lipinski definition) is 2. The lowest BCUT2D eigenvalue weighted by Gasteiger charge is -2.10. The molecule has 1 amide bonds. The molecule has 0 aromatic heterocycles. The van der Waals surface area contributed by atoms with E-state index >= 15 is 0 Å². The number of aromatic amines is 1. The molecule has 11 heteroatoms. The Balaban J connectivity index is 1.22. The highest BCUT2D eigenvalue weighted by Gasteiger charge is 2.17. The summed E-state index contributed by atoms with van der Waals surface area (Å²) in [6.45, 7) is 2.10. The molecule has 0 spiro atoms. The molecule has 0 atom stereocenters. The summed E-state index contributed by atoms with van der Waals surface area (Å²) in [5, 5.41) is 12.1. The summed E-state index contributed by atoms with van der Waals surface area (Å²) in [4.78, 5) is 31.0. The van der Waals surface area contributed by atoms with Gasteiger partial charge >= 0.3 is 0 Å². The summed E-state index contributed by atoms with van der Waals surface area (Å²) >= 11 is 1.17. The normalized spacial score (nSPS) is 15.6. The highest BCUT2D eigenvalue weighted by atomic mass is 32.1. The van der Waals surface area contributed by atoms with Crippen LogP contribution in [-0.2, 0) is 11.4 Å². The number of rotatable bonds is 5. The van der Waals surface area contributed by atoms with E-state index in [4.69, 9.17) is 19.6 Å². The van der Waals surface area contributed by atoms with Crippen molar-refractivity contribution in [2.45, 2.75) is 19.4 Å². The highest BCUT2D eigenvalue weighted by Crippen LogP contribution is 2.32. The van der Waals surface area contributed by atoms with Crippen LogP contribution in [0, 0.1) is 5.41 Å². The Kier molecular flexibility index (Phi) is 5.97. The maximum Gasteiger partial charge on any atom is 0.283 e. The average Bonchev–Trinajstić information content (AvgIpc) is 3.67. The lowest BCUT2D eigenvalue weighted by Crippen LogP contribution is -2.47. The molecule has 2 N–H and O–H groups in total. The molecule has 1 saturated heterocycles. The number of amides is 1. The van der Waals surface area contributed by atoms with Gasteiger partial charge in [0.25, 0.3) is 5.56 Å². The van der Waals surface area contributed by atoms with Crippen molar-refractivity contribution < 1.29 is 19.0 Å². The predicted molar refractivity (Wildman–Crippen MR) is 136 cm³/mol. The number of likely N-dealkylation sites (tertiary alicyclic amines) is 1. The molecule has 0 aliphatic carbocycles. The van der Waals surface area contributed by atoms with E-state index in [-0.39, 0.29) is 23.4 Å². The first-order valence-electron chi connectivity index (χ1n) is 11.8. The summed E-state index contributed by atoms with van der Waals surface area (Å²) in [7, 11) is 0. The highest BCUT2D eigenvalue weighted by molar-refractivity contribution is 7.11. The standard InChI is InChI=1S/C26H23N5O5S/c27-24-19(25(33)28-26-31(24)29-22(37-26)13-23(32)30-9-1-2-10-30)11-16-3-6-18(7-4-16)34-14-17-5-8-20-21(12-17)36-15-35-20/h3-8,11-13,27,29H,1-2,9-10,14-15H2/b19-11-,22-13+,27-24?. The number of hydrogen-bond acceptors (Lipinski definition) is 8. The fraction of sp³-hybridized carbons (Fsp3) is 0.231. The zero-order valence-electron chi connectivity index (χ0n) is 19.7. The van der Waals surface area contributed by atoms with Crippen molar-refractivity contribution in [3.05, 3.63) is 79.3 Å². The summed E-state index contributed by atoms with van der Waals surface area (Å²) in [5.74, 6) is 2.02. The summed E-state index contributed by atoms with van der Waals surface area (Å²) in [6, 6.07) is 12.9. The van der Waals surface area contributed by atoms with Crippen LogP contribution in [0.4, 0.5) is 0 Å². The Morgan fingerprint density at radius 2 is 1.92 bits per heavy atom. The van der Waals surface area contributed by atoms with Crippen molar-refractivity contribution in [3.63, 3.8) is 0 Å². The molecule has 2 aromatic carbocycles. The van der Waals surface area contributed by atoms with Gasteiger partial charge < -0.3 is 19.1 Å². The van der Waals surface area contributed by atoms with Crippen LogP contribution in [0.25, 0.3) is 17.3 Å². The smallest absolute Gasteiger partial charge is 0.283 e. The fourth-order valence-electron chi connectivity index (χ4n) is 4.28. The summed E-state index contributed by atoms with van der Waals surface area (Å²) in [6.07, 6.45) is 5.14. The van der Waals surface area contributed by atoms with Crippen LogP contribution in [0.15, 0.2) is 47.3 Å².